The van der Waals surface area contributed by atoms with Crippen LogP contribution in [0, 0.1) is 23.7 Å². The van der Waals surface area contributed by atoms with Crippen LogP contribution < -0.4 is 5.32 Å². The highest BCUT2D eigenvalue weighted by Crippen LogP contribution is 2.53. The molecule has 2 saturated heterocycles. The van der Waals surface area contributed by atoms with E-state index in [1.54, 1.807) is 0 Å². The molecule has 2 rings (SSSR count). The van der Waals surface area contributed by atoms with Crippen molar-refractivity contribution in [2.45, 2.75) is 91.1 Å². The molecular weight excluding hydrogens is 318 g/mol. The standard InChI is InChI=1S/C20H35NO4/c1-12(2)14-9-16-15(11-22)20(8,19(7,24-16)10-13(14)3)21-17(23)25-18(4,5)6/h11-16H,9-10H2,1-8H3,(H,21,23). The first kappa shape index (κ1) is 20.2. The molecule has 0 aromatic carbocycles. The van der Waals surface area contributed by atoms with Gasteiger partial charge in [0.25, 0.3) is 0 Å². The predicted molar refractivity (Wildman–Crippen MR) is 97.3 cm³/mol. The lowest BCUT2D eigenvalue weighted by Crippen LogP contribution is -2.63. The topological polar surface area (TPSA) is 64.6 Å². The number of alkyl carbamates (subject to hydrolysis) is 1. The van der Waals surface area contributed by atoms with Crippen molar-refractivity contribution in [1.29, 1.82) is 0 Å². The van der Waals surface area contributed by atoms with E-state index in [1.165, 1.54) is 0 Å². The molecule has 144 valence electrons. The third-order valence-electron chi connectivity index (χ3n) is 6.29. The quantitative estimate of drug-likeness (QED) is 0.781. The first-order valence-corrected chi connectivity index (χ1v) is 9.47. The van der Waals surface area contributed by atoms with Gasteiger partial charge in [0.1, 0.15) is 11.9 Å². The molecule has 0 saturated carbocycles. The van der Waals surface area contributed by atoms with Crippen LogP contribution in [0.3, 0.4) is 0 Å². The van der Waals surface area contributed by atoms with Gasteiger partial charge in [0.2, 0.25) is 0 Å². The highest BCUT2D eigenvalue weighted by atomic mass is 16.6. The van der Waals surface area contributed by atoms with E-state index in [0.29, 0.717) is 17.8 Å². The smallest absolute Gasteiger partial charge is 0.408 e. The predicted octanol–water partition coefficient (Wildman–Crippen LogP) is 3.94. The van der Waals surface area contributed by atoms with E-state index in [9.17, 15) is 9.59 Å². The van der Waals surface area contributed by atoms with Crippen LogP contribution in [0.25, 0.3) is 0 Å². The molecule has 2 aliphatic heterocycles. The molecule has 0 aromatic heterocycles. The zero-order chi connectivity index (χ0) is 19.2. The lowest BCUT2D eigenvalue weighted by Gasteiger charge is -2.45. The second-order valence-electron chi connectivity index (χ2n) is 9.70. The van der Waals surface area contributed by atoms with E-state index in [2.05, 4.69) is 26.1 Å². The third kappa shape index (κ3) is 3.71. The Balaban J connectivity index is 2.32. The van der Waals surface area contributed by atoms with Gasteiger partial charge in [0.15, 0.2) is 0 Å². The van der Waals surface area contributed by atoms with Crippen LogP contribution in [-0.2, 0) is 14.3 Å². The molecule has 6 atom stereocenters. The molecule has 0 aliphatic carbocycles. The third-order valence-corrected chi connectivity index (χ3v) is 6.29. The minimum absolute atomic E-state index is 0.167. The molecule has 0 spiro atoms. The molecule has 5 heteroatoms. The van der Waals surface area contributed by atoms with E-state index in [-0.39, 0.29) is 12.0 Å². The van der Waals surface area contributed by atoms with Crippen LogP contribution in [0.15, 0.2) is 0 Å². The Labute approximate surface area is 152 Å². The second kappa shape index (κ2) is 6.57. The minimum atomic E-state index is -0.780. The Hall–Kier alpha value is -1.10. The van der Waals surface area contributed by atoms with Gasteiger partial charge in [-0.25, -0.2) is 4.79 Å². The summed E-state index contributed by atoms with van der Waals surface area (Å²) in [6, 6.07) is 0. The van der Waals surface area contributed by atoms with E-state index >= 15 is 0 Å². The lowest BCUT2D eigenvalue weighted by atomic mass is 9.64. The molecule has 0 aromatic rings. The van der Waals surface area contributed by atoms with E-state index < -0.39 is 22.8 Å². The van der Waals surface area contributed by atoms with Gasteiger partial charge >= 0.3 is 6.09 Å². The number of amides is 1. The molecule has 0 radical (unpaired) electrons. The molecular formula is C20H35NO4. The summed E-state index contributed by atoms with van der Waals surface area (Å²) in [6.45, 7) is 16.2. The number of nitrogens with one attached hydrogen (secondary N) is 1. The lowest BCUT2D eigenvalue weighted by molar-refractivity contribution is -0.114. The SMILES string of the molecule is CC(C)C1CC2OC(C)(CC1C)C(C)(NC(=O)OC(C)(C)C)C2C=O. The Morgan fingerprint density at radius 2 is 1.92 bits per heavy atom. The summed E-state index contributed by atoms with van der Waals surface area (Å²) in [6.07, 6.45) is 1.96. The first-order chi connectivity index (χ1) is 11.3. The van der Waals surface area contributed by atoms with Gasteiger partial charge in [-0.3, -0.25) is 0 Å². The number of carbonyl (C=O) groups excluding carboxylic acids is 2. The maximum Gasteiger partial charge on any atom is 0.408 e. The fourth-order valence-corrected chi connectivity index (χ4v) is 4.86. The monoisotopic (exact) mass is 353 g/mol. The van der Waals surface area contributed by atoms with Gasteiger partial charge in [-0.15, -0.1) is 0 Å². The average molecular weight is 354 g/mol. The highest BCUT2D eigenvalue weighted by molar-refractivity contribution is 5.71. The maximum atomic E-state index is 12.4. The van der Waals surface area contributed by atoms with Crippen molar-refractivity contribution in [3.8, 4) is 0 Å². The summed E-state index contributed by atoms with van der Waals surface area (Å²) >= 11 is 0. The number of carbonyl (C=O) groups is 2. The average Bonchev–Trinajstić information content (AvgIpc) is 2.51. The van der Waals surface area contributed by atoms with E-state index in [1.807, 2.05) is 34.6 Å². The van der Waals surface area contributed by atoms with Crippen molar-refractivity contribution >= 4 is 12.4 Å². The molecule has 25 heavy (non-hydrogen) atoms. The summed E-state index contributed by atoms with van der Waals surface area (Å²) in [5.41, 5.74) is -1.96. The normalized spacial score (nSPS) is 41.3. The van der Waals surface area contributed by atoms with Gasteiger partial charge in [-0.1, -0.05) is 20.8 Å². The summed E-state index contributed by atoms with van der Waals surface area (Å²) in [4.78, 5) is 24.4. The van der Waals surface area contributed by atoms with Crippen molar-refractivity contribution in [2.75, 3.05) is 0 Å². The number of fused-ring (bicyclic) bond motifs is 2. The van der Waals surface area contributed by atoms with Crippen molar-refractivity contribution in [3.63, 3.8) is 0 Å². The summed E-state index contributed by atoms with van der Waals surface area (Å²) in [5, 5.41) is 3.00. The summed E-state index contributed by atoms with van der Waals surface area (Å²) in [5.74, 6) is 1.14. The van der Waals surface area contributed by atoms with Gasteiger partial charge in [-0.05, 0) is 65.2 Å². The number of rotatable bonds is 3. The van der Waals surface area contributed by atoms with Crippen molar-refractivity contribution in [3.05, 3.63) is 0 Å². The van der Waals surface area contributed by atoms with Crippen LogP contribution in [0.4, 0.5) is 4.79 Å². The van der Waals surface area contributed by atoms with Gasteiger partial charge in [0.05, 0.1) is 23.2 Å². The summed E-state index contributed by atoms with van der Waals surface area (Å²) < 4.78 is 11.9. The van der Waals surface area contributed by atoms with Crippen LogP contribution in [-0.4, -0.2) is 35.2 Å². The van der Waals surface area contributed by atoms with E-state index in [4.69, 9.17) is 9.47 Å². The first-order valence-electron chi connectivity index (χ1n) is 9.47. The zero-order valence-electron chi connectivity index (χ0n) is 17.0. The van der Waals surface area contributed by atoms with Crippen LogP contribution in [0.2, 0.25) is 0 Å². The molecule has 1 amide bonds. The number of hydrogen-bond donors (Lipinski definition) is 1. The van der Waals surface area contributed by atoms with Crippen LogP contribution >= 0.6 is 0 Å². The van der Waals surface area contributed by atoms with Gasteiger partial charge in [-0.2, -0.15) is 0 Å². The fraction of sp³-hybridized carbons (Fsp3) is 0.900. The van der Waals surface area contributed by atoms with Crippen molar-refractivity contribution in [1.82, 2.24) is 5.32 Å². The molecule has 1 N–H and O–H groups in total. The Morgan fingerprint density at radius 1 is 1.32 bits per heavy atom. The van der Waals surface area contributed by atoms with Crippen LogP contribution in [0.5, 0.6) is 0 Å². The summed E-state index contributed by atoms with van der Waals surface area (Å²) in [7, 11) is 0. The largest absolute Gasteiger partial charge is 0.444 e. The van der Waals surface area contributed by atoms with Crippen molar-refractivity contribution < 1.29 is 19.1 Å². The molecule has 2 fully saturated rings. The molecule has 2 bridgehead atoms. The minimum Gasteiger partial charge on any atom is -0.444 e. The van der Waals surface area contributed by atoms with Crippen molar-refractivity contribution in [2.24, 2.45) is 23.7 Å². The molecule has 5 nitrogen and oxygen atoms in total. The molecule has 2 heterocycles. The van der Waals surface area contributed by atoms with Crippen LogP contribution in [0.1, 0.15) is 68.2 Å². The number of aldehydes is 1. The second-order valence-corrected chi connectivity index (χ2v) is 9.70. The number of hydrogen-bond acceptors (Lipinski definition) is 4. The van der Waals surface area contributed by atoms with Gasteiger partial charge in [0, 0.05) is 0 Å². The Morgan fingerprint density at radius 3 is 2.40 bits per heavy atom. The fourth-order valence-electron chi connectivity index (χ4n) is 4.86. The molecule has 2 aliphatic rings. The Bertz CT molecular complexity index is 526. The zero-order valence-corrected chi connectivity index (χ0v) is 17.0. The Kier molecular flexibility index (Phi) is 5.31. The van der Waals surface area contributed by atoms with Gasteiger partial charge < -0.3 is 19.6 Å². The molecule has 6 unspecified atom stereocenters. The van der Waals surface area contributed by atoms with E-state index in [0.717, 1.165) is 19.1 Å². The number of ether oxygens (including phenoxy) is 2. The highest BCUT2D eigenvalue weighted by Gasteiger charge is 2.63. The maximum absolute atomic E-state index is 12.4.